The van der Waals surface area contributed by atoms with Crippen LogP contribution in [0.15, 0.2) is 66.4 Å². The molecule has 2 aromatic rings. The van der Waals surface area contributed by atoms with Crippen molar-refractivity contribution in [3.8, 4) is 11.6 Å². The van der Waals surface area contributed by atoms with Crippen LogP contribution in [0.3, 0.4) is 0 Å². The van der Waals surface area contributed by atoms with Crippen LogP contribution in [0.4, 0.5) is 19.7 Å². The fourth-order valence-electron chi connectivity index (χ4n) is 3.82. The Hall–Kier alpha value is -4.41. The molecule has 2 unspecified atom stereocenters. The number of pyridine rings is 1. The van der Waals surface area contributed by atoms with Gasteiger partial charge in [0.05, 0.1) is 6.42 Å². The smallest absolute Gasteiger partial charge is 0.331 e. The van der Waals surface area contributed by atoms with Gasteiger partial charge < -0.3 is 15.2 Å². The first kappa shape index (κ1) is 24.7. The highest BCUT2D eigenvalue weighted by Gasteiger charge is 2.39. The van der Waals surface area contributed by atoms with E-state index in [9.17, 15) is 18.8 Å². The molecule has 0 saturated carbocycles. The van der Waals surface area contributed by atoms with Gasteiger partial charge in [-0.1, -0.05) is 23.8 Å². The predicted octanol–water partition coefficient (Wildman–Crippen LogP) is 4.15. The number of nitrogens with one attached hydrogen (secondary N) is 2. The van der Waals surface area contributed by atoms with Crippen molar-refractivity contribution in [2.75, 3.05) is 18.4 Å². The molecule has 4 amide bonds. The van der Waals surface area contributed by atoms with Crippen LogP contribution in [-0.4, -0.2) is 57.3 Å². The van der Waals surface area contributed by atoms with E-state index in [1.54, 1.807) is 24.3 Å². The highest BCUT2D eigenvalue weighted by Crippen LogP contribution is 2.25. The lowest BCUT2D eigenvalue weighted by atomic mass is 9.97. The average molecular weight is 496 g/mol. The molecule has 0 radical (unpaired) electrons. The quantitative estimate of drug-likeness (QED) is 0.477. The van der Waals surface area contributed by atoms with Crippen molar-refractivity contribution < 1.29 is 28.6 Å². The Kier molecular flexibility index (Phi) is 7.47. The normalized spacial score (nSPS) is 19.6. The fraction of sp³-hybridized carbons (Fsp3) is 0.280. The van der Waals surface area contributed by atoms with E-state index in [0.717, 1.165) is 16.9 Å². The average Bonchev–Trinajstić information content (AvgIpc) is 2.85. The number of halogens is 1. The molecule has 1 saturated heterocycles. The maximum atomic E-state index is 13.8. The summed E-state index contributed by atoms with van der Waals surface area (Å²) in [7, 11) is 0. The highest BCUT2D eigenvalue weighted by molar-refractivity contribution is 5.96. The minimum absolute atomic E-state index is 0.0299. The topological polar surface area (TPSA) is 124 Å². The van der Waals surface area contributed by atoms with E-state index in [0.29, 0.717) is 18.0 Å². The second kappa shape index (κ2) is 10.9. The molecule has 1 aliphatic carbocycles. The monoisotopic (exact) mass is 495 g/mol. The third-order valence-corrected chi connectivity index (χ3v) is 5.74. The van der Waals surface area contributed by atoms with E-state index in [1.807, 2.05) is 19.1 Å². The fourth-order valence-corrected chi connectivity index (χ4v) is 3.82. The number of rotatable bonds is 9. The van der Waals surface area contributed by atoms with Crippen molar-refractivity contribution in [1.82, 2.24) is 20.1 Å². The van der Waals surface area contributed by atoms with E-state index in [4.69, 9.17) is 9.84 Å². The van der Waals surface area contributed by atoms with Gasteiger partial charge in [-0.05, 0) is 55.7 Å². The number of hydrogen-bond donors (Lipinski definition) is 3. The molecule has 0 spiro atoms. The molecule has 1 aliphatic heterocycles. The van der Waals surface area contributed by atoms with Crippen molar-refractivity contribution in [3.63, 3.8) is 0 Å². The summed E-state index contributed by atoms with van der Waals surface area (Å²) in [5, 5.41) is 14.9. The number of carboxylic acids is 1. The highest BCUT2D eigenvalue weighted by atomic mass is 19.1. The Morgan fingerprint density at radius 3 is 2.72 bits per heavy atom. The number of carboxylic acid groups (broad SMARTS) is 1. The molecule has 36 heavy (non-hydrogen) atoms. The van der Waals surface area contributed by atoms with Gasteiger partial charge in [0, 0.05) is 25.0 Å². The number of amides is 4. The van der Waals surface area contributed by atoms with Gasteiger partial charge in [-0.25, -0.2) is 23.9 Å². The molecule has 1 aromatic carbocycles. The number of benzene rings is 1. The summed E-state index contributed by atoms with van der Waals surface area (Å²) in [6.45, 7) is 2.06. The van der Waals surface area contributed by atoms with Crippen LogP contribution in [0.25, 0.3) is 0 Å². The lowest BCUT2D eigenvalue weighted by Gasteiger charge is -2.42. The molecule has 1 aromatic heterocycles. The number of hydrogen-bond acceptors (Lipinski definition) is 6. The molecule has 2 heterocycles. The Bertz CT molecular complexity index is 1200. The number of aromatic nitrogens is 1. The number of allylic oxidation sites excluding steroid dienone is 3. The summed E-state index contributed by atoms with van der Waals surface area (Å²) in [6, 6.07) is 7.97. The van der Waals surface area contributed by atoms with Gasteiger partial charge in [0.15, 0.2) is 12.1 Å². The predicted molar refractivity (Wildman–Crippen MR) is 129 cm³/mol. The Balaban J connectivity index is 1.49. The summed E-state index contributed by atoms with van der Waals surface area (Å²) in [5.74, 6) is -1.46. The lowest BCUT2D eigenvalue weighted by Crippen LogP contribution is -2.68. The van der Waals surface area contributed by atoms with Gasteiger partial charge in [-0.2, -0.15) is 0 Å². The standard InChI is InChI=1S/C25H26FN5O5/c1-16-4-6-17(7-5-16)15-31-23(29-24(34)30(25(31)35)14-12-21(32)33)28-18-8-10-19(11-9-18)36-22-20(26)3-2-13-27-22/h2-6,8-11,13,17,23,28H,7,12,14-15H2,1H3,(H,29,34)(H,32,33). The SMILES string of the molecule is CC1=CCC(CN2C(=O)N(CCC(=O)O)C(=O)NC2Nc2ccc(Oc3ncccc3F)cc2)C=C1. The number of ether oxygens (including phenoxy) is 1. The zero-order valence-corrected chi connectivity index (χ0v) is 19.6. The Labute approximate surface area is 207 Å². The number of carbonyl (C=O) groups is 3. The summed E-state index contributed by atoms with van der Waals surface area (Å²) in [6.07, 6.45) is 7.00. The maximum Gasteiger partial charge on any atom is 0.331 e. The van der Waals surface area contributed by atoms with E-state index in [-0.39, 0.29) is 24.8 Å². The molecule has 10 nitrogen and oxygen atoms in total. The van der Waals surface area contributed by atoms with Gasteiger partial charge in [0.25, 0.3) is 5.88 Å². The second-order valence-electron chi connectivity index (χ2n) is 8.45. The minimum atomic E-state index is -1.11. The largest absolute Gasteiger partial charge is 0.481 e. The van der Waals surface area contributed by atoms with Gasteiger partial charge in [-0.15, -0.1) is 0 Å². The van der Waals surface area contributed by atoms with Gasteiger partial charge in [-0.3, -0.25) is 15.0 Å². The van der Waals surface area contributed by atoms with E-state index >= 15 is 0 Å². The summed E-state index contributed by atoms with van der Waals surface area (Å²) in [5.41, 5.74) is 1.70. The van der Waals surface area contributed by atoms with Crippen LogP contribution in [-0.2, 0) is 4.79 Å². The number of imide groups is 1. The lowest BCUT2D eigenvalue weighted by molar-refractivity contribution is -0.137. The van der Waals surface area contributed by atoms with Crippen LogP contribution >= 0.6 is 0 Å². The third kappa shape index (κ3) is 5.98. The van der Waals surface area contributed by atoms with Crippen molar-refractivity contribution in [2.45, 2.75) is 26.1 Å². The van der Waals surface area contributed by atoms with E-state index in [1.165, 1.54) is 23.2 Å². The van der Waals surface area contributed by atoms with Crippen LogP contribution in [0.5, 0.6) is 11.6 Å². The Morgan fingerprint density at radius 2 is 2.06 bits per heavy atom. The minimum Gasteiger partial charge on any atom is -0.481 e. The third-order valence-electron chi connectivity index (χ3n) is 5.74. The summed E-state index contributed by atoms with van der Waals surface area (Å²) in [4.78, 5) is 43.1. The Morgan fingerprint density at radius 1 is 1.28 bits per heavy atom. The van der Waals surface area contributed by atoms with E-state index in [2.05, 4.69) is 21.7 Å². The molecule has 4 rings (SSSR count). The van der Waals surface area contributed by atoms with Crippen molar-refractivity contribution in [3.05, 3.63) is 72.2 Å². The van der Waals surface area contributed by atoms with Gasteiger partial charge in [0.2, 0.25) is 0 Å². The molecule has 188 valence electrons. The first-order chi connectivity index (χ1) is 17.3. The molecule has 3 N–H and O–H groups in total. The number of urea groups is 2. The number of anilines is 1. The number of aliphatic carboxylic acids is 1. The van der Waals surface area contributed by atoms with Crippen molar-refractivity contribution >= 4 is 23.7 Å². The molecule has 2 aliphatic rings. The second-order valence-corrected chi connectivity index (χ2v) is 8.45. The van der Waals surface area contributed by atoms with Gasteiger partial charge >= 0.3 is 18.0 Å². The van der Waals surface area contributed by atoms with E-state index < -0.39 is 30.1 Å². The van der Waals surface area contributed by atoms with Crippen LogP contribution in [0.1, 0.15) is 19.8 Å². The van der Waals surface area contributed by atoms with Crippen molar-refractivity contribution in [2.24, 2.45) is 5.92 Å². The molecular weight excluding hydrogens is 469 g/mol. The molecule has 2 atom stereocenters. The van der Waals surface area contributed by atoms with Crippen LogP contribution in [0, 0.1) is 11.7 Å². The first-order valence-corrected chi connectivity index (χ1v) is 11.4. The molecule has 11 heteroatoms. The maximum absolute atomic E-state index is 13.8. The molecule has 1 fully saturated rings. The summed E-state index contributed by atoms with van der Waals surface area (Å²) < 4.78 is 19.3. The van der Waals surface area contributed by atoms with Gasteiger partial charge in [0.1, 0.15) is 5.75 Å². The summed E-state index contributed by atoms with van der Waals surface area (Å²) >= 11 is 0. The number of carbonyl (C=O) groups excluding carboxylic acids is 2. The van der Waals surface area contributed by atoms with Crippen LogP contribution < -0.4 is 15.4 Å². The van der Waals surface area contributed by atoms with Crippen LogP contribution in [0.2, 0.25) is 0 Å². The zero-order valence-electron chi connectivity index (χ0n) is 19.6. The van der Waals surface area contributed by atoms with Crippen molar-refractivity contribution in [1.29, 1.82) is 0 Å². The molecule has 0 bridgehead atoms. The molecular formula is C25H26FN5O5. The zero-order chi connectivity index (χ0) is 25.7. The number of nitrogens with zero attached hydrogens (tertiary/aromatic N) is 3. The first-order valence-electron chi connectivity index (χ1n) is 11.4.